The number of hydrogen-bond acceptors (Lipinski definition) is 6. The van der Waals surface area contributed by atoms with E-state index in [0.29, 0.717) is 45.2 Å². The maximum Gasteiger partial charge on any atom is 0.234 e. The number of ether oxygens (including phenoxy) is 1. The smallest absolute Gasteiger partial charge is 0.234 e. The van der Waals surface area contributed by atoms with Gasteiger partial charge in [0, 0.05) is 66.0 Å². The van der Waals surface area contributed by atoms with Crippen molar-refractivity contribution in [3.05, 3.63) is 0 Å². The van der Waals surface area contributed by atoms with Gasteiger partial charge in [0.2, 0.25) is 15.9 Å². The summed E-state index contributed by atoms with van der Waals surface area (Å²) in [5, 5.41) is 6.23. The van der Waals surface area contributed by atoms with Crippen molar-refractivity contribution in [2.24, 2.45) is 10.9 Å². The lowest BCUT2D eigenvalue weighted by Gasteiger charge is -2.36. The fraction of sp³-hybridized carbons (Fsp3) is 0.895. The lowest BCUT2D eigenvalue weighted by molar-refractivity contribution is -0.122. The number of guanidine groups is 1. The molecular weight excluding hydrogens is 535 g/mol. The first-order chi connectivity index (χ1) is 14.3. The number of halogens is 1. The van der Waals surface area contributed by atoms with E-state index in [9.17, 15) is 13.2 Å². The molecule has 2 aliphatic rings. The number of rotatable bonds is 9. The minimum Gasteiger partial charge on any atom is -0.383 e. The molecule has 2 fully saturated rings. The molecule has 0 radical (unpaired) electrons. The number of amides is 1. The third-order valence-corrected chi connectivity index (χ3v) is 6.85. The van der Waals surface area contributed by atoms with Crippen molar-refractivity contribution in [2.75, 3.05) is 85.4 Å². The van der Waals surface area contributed by atoms with Crippen molar-refractivity contribution in [1.29, 1.82) is 0 Å². The molecule has 2 aliphatic heterocycles. The third kappa shape index (κ3) is 10.2. The number of carbonyl (C=O) groups excluding carboxylic acids is 1. The van der Waals surface area contributed by atoms with Crippen molar-refractivity contribution in [3.8, 4) is 0 Å². The summed E-state index contributed by atoms with van der Waals surface area (Å²) < 4.78 is 29.8. The molecule has 2 heterocycles. The second kappa shape index (κ2) is 14.4. The van der Waals surface area contributed by atoms with Crippen LogP contribution >= 0.6 is 24.0 Å². The van der Waals surface area contributed by atoms with Crippen LogP contribution in [0.5, 0.6) is 0 Å². The Labute approximate surface area is 204 Å². The Bertz CT molecular complexity index is 662. The number of piperidine rings is 1. The van der Waals surface area contributed by atoms with Gasteiger partial charge in [-0.15, -0.1) is 24.0 Å². The summed E-state index contributed by atoms with van der Waals surface area (Å²) in [6.07, 6.45) is 2.97. The normalized spacial score (nSPS) is 19.7. The molecule has 31 heavy (non-hydrogen) atoms. The topological polar surface area (TPSA) is 107 Å². The van der Waals surface area contributed by atoms with E-state index in [1.807, 2.05) is 0 Å². The van der Waals surface area contributed by atoms with Crippen molar-refractivity contribution in [3.63, 3.8) is 0 Å². The zero-order chi connectivity index (χ0) is 22.0. The van der Waals surface area contributed by atoms with Crippen LogP contribution in [0.15, 0.2) is 4.99 Å². The van der Waals surface area contributed by atoms with Crippen LogP contribution in [0.1, 0.15) is 19.8 Å². The van der Waals surface area contributed by atoms with E-state index in [1.165, 1.54) is 6.26 Å². The van der Waals surface area contributed by atoms with Crippen LogP contribution in [0.3, 0.4) is 0 Å². The fourth-order valence-electron chi connectivity index (χ4n) is 3.73. The number of nitrogens with one attached hydrogen (secondary N) is 2. The Kier molecular flexibility index (Phi) is 13.2. The number of methoxy groups -OCH3 is 1. The average molecular weight is 575 g/mol. The van der Waals surface area contributed by atoms with Crippen LogP contribution in [-0.4, -0.2) is 120 Å². The van der Waals surface area contributed by atoms with Crippen LogP contribution in [0.25, 0.3) is 0 Å². The molecule has 0 atom stereocenters. The second-order valence-electron chi connectivity index (χ2n) is 7.91. The van der Waals surface area contributed by atoms with E-state index in [-0.39, 0.29) is 29.9 Å². The molecule has 0 bridgehead atoms. The van der Waals surface area contributed by atoms with Gasteiger partial charge in [0.15, 0.2) is 5.96 Å². The van der Waals surface area contributed by atoms with Gasteiger partial charge in [-0.3, -0.25) is 14.7 Å². The molecule has 1 amide bonds. The quantitative estimate of drug-likeness (QED) is 0.168. The first-order valence-corrected chi connectivity index (χ1v) is 12.6. The summed E-state index contributed by atoms with van der Waals surface area (Å²) in [5.41, 5.74) is 0. The predicted octanol–water partition coefficient (Wildman–Crippen LogP) is -0.378. The highest BCUT2D eigenvalue weighted by molar-refractivity contribution is 14.0. The average Bonchev–Trinajstić information content (AvgIpc) is 2.71. The summed E-state index contributed by atoms with van der Waals surface area (Å²) in [5.74, 6) is 1.35. The zero-order valence-electron chi connectivity index (χ0n) is 19.0. The molecule has 0 unspecified atom stereocenters. The van der Waals surface area contributed by atoms with Gasteiger partial charge in [-0.25, -0.2) is 12.7 Å². The Morgan fingerprint density at radius 1 is 1.10 bits per heavy atom. The number of nitrogens with zero attached hydrogens (tertiary/aromatic N) is 4. The highest BCUT2D eigenvalue weighted by atomic mass is 127. The minimum atomic E-state index is -3.09. The van der Waals surface area contributed by atoms with E-state index in [1.54, 1.807) is 11.4 Å². The second-order valence-corrected chi connectivity index (χ2v) is 9.89. The Hall–Kier alpha value is -0.700. The summed E-state index contributed by atoms with van der Waals surface area (Å²) in [6.45, 7) is 9.48. The Morgan fingerprint density at radius 3 is 2.29 bits per heavy atom. The molecule has 2 rings (SSSR count). The van der Waals surface area contributed by atoms with E-state index in [0.717, 1.165) is 51.5 Å². The highest BCUT2D eigenvalue weighted by Gasteiger charge is 2.25. The molecule has 0 aromatic carbocycles. The van der Waals surface area contributed by atoms with Crippen molar-refractivity contribution >= 4 is 45.9 Å². The van der Waals surface area contributed by atoms with Crippen molar-refractivity contribution in [2.45, 2.75) is 19.8 Å². The molecule has 0 aliphatic carbocycles. The summed E-state index contributed by atoms with van der Waals surface area (Å²) in [6, 6.07) is 0. The Morgan fingerprint density at radius 2 is 1.74 bits per heavy atom. The van der Waals surface area contributed by atoms with Gasteiger partial charge in [-0.05, 0) is 25.7 Å². The van der Waals surface area contributed by atoms with Crippen LogP contribution < -0.4 is 10.6 Å². The molecule has 10 nitrogen and oxygen atoms in total. The SMILES string of the molecule is CCNC(=NCC1CCN(S(C)(=O)=O)CC1)N1CCN(CC(=O)NCCOC)CC1.I. The maximum atomic E-state index is 12.0. The molecule has 0 spiro atoms. The van der Waals surface area contributed by atoms with Crippen LogP contribution in [-0.2, 0) is 19.6 Å². The molecule has 2 N–H and O–H groups in total. The molecule has 2 saturated heterocycles. The molecule has 12 heteroatoms. The fourth-order valence-corrected chi connectivity index (χ4v) is 4.61. The van der Waals surface area contributed by atoms with E-state index < -0.39 is 10.0 Å². The standard InChI is InChI=1S/C19H38N6O4S.HI/c1-4-20-19(22-15-17-5-8-25(9-6-17)30(3,27)28)24-12-10-23(11-13-24)16-18(26)21-7-14-29-2;/h17H,4-16H2,1-3H3,(H,20,22)(H,21,26);1H. The summed E-state index contributed by atoms with van der Waals surface area (Å²) >= 11 is 0. The van der Waals surface area contributed by atoms with Crippen LogP contribution in [0.4, 0.5) is 0 Å². The third-order valence-electron chi connectivity index (χ3n) is 5.54. The summed E-state index contributed by atoms with van der Waals surface area (Å²) in [4.78, 5) is 21.2. The molecule has 182 valence electrons. The molecule has 0 aromatic rings. The van der Waals surface area contributed by atoms with Crippen molar-refractivity contribution in [1.82, 2.24) is 24.7 Å². The number of carbonyl (C=O) groups is 1. The van der Waals surface area contributed by atoms with Gasteiger partial charge in [0.25, 0.3) is 0 Å². The largest absolute Gasteiger partial charge is 0.383 e. The molecular formula is C19H39IN6O4S. The first-order valence-electron chi connectivity index (χ1n) is 10.8. The number of aliphatic imine (C=N–C) groups is 1. The molecule has 0 saturated carbocycles. The zero-order valence-corrected chi connectivity index (χ0v) is 22.2. The summed E-state index contributed by atoms with van der Waals surface area (Å²) in [7, 11) is -1.47. The maximum absolute atomic E-state index is 12.0. The monoisotopic (exact) mass is 574 g/mol. The van der Waals surface area contributed by atoms with Gasteiger partial charge in [0.05, 0.1) is 19.4 Å². The van der Waals surface area contributed by atoms with Crippen molar-refractivity contribution < 1.29 is 17.9 Å². The first kappa shape index (κ1) is 28.3. The van der Waals surface area contributed by atoms with Gasteiger partial charge in [-0.1, -0.05) is 0 Å². The highest BCUT2D eigenvalue weighted by Crippen LogP contribution is 2.19. The van der Waals surface area contributed by atoms with Gasteiger partial charge in [-0.2, -0.15) is 0 Å². The van der Waals surface area contributed by atoms with Gasteiger partial charge in [0.1, 0.15) is 0 Å². The van der Waals surface area contributed by atoms with E-state index in [4.69, 9.17) is 9.73 Å². The van der Waals surface area contributed by atoms with Crippen LogP contribution in [0.2, 0.25) is 0 Å². The number of piperazine rings is 1. The predicted molar refractivity (Wildman–Crippen MR) is 133 cm³/mol. The lowest BCUT2D eigenvalue weighted by atomic mass is 9.98. The number of sulfonamides is 1. The number of hydrogen-bond donors (Lipinski definition) is 2. The lowest BCUT2D eigenvalue weighted by Crippen LogP contribution is -2.54. The Balaban J connectivity index is 0.00000480. The van der Waals surface area contributed by atoms with Crippen LogP contribution in [0, 0.1) is 5.92 Å². The molecule has 0 aromatic heterocycles. The van der Waals surface area contributed by atoms with Gasteiger partial charge < -0.3 is 20.3 Å². The van der Waals surface area contributed by atoms with Gasteiger partial charge >= 0.3 is 0 Å². The minimum absolute atomic E-state index is 0. The van der Waals surface area contributed by atoms with E-state index >= 15 is 0 Å². The van der Waals surface area contributed by atoms with E-state index in [2.05, 4.69) is 27.4 Å².